The maximum absolute atomic E-state index is 12.0. The van der Waals surface area contributed by atoms with Crippen LogP contribution in [0.15, 0.2) is 42.9 Å². The maximum atomic E-state index is 12.0. The van der Waals surface area contributed by atoms with Gasteiger partial charge in [0.1, 0.15) is 0 Å². The second kappa shape index (κ2) is 9.86. The second-order valence-electron chi connectivity index (χ2n) is 6.69. The first-order valence-electron chi connectivity index (χ1n) is 8.05. The minimum Gasteiger partial charge on any atom is -0.468 e. The first-order valence-corrected chi connectivity index (χ1v) is 8.05. The van der Waals surface area contributed by atoms with Crippen molar-refractivity contribution in [1.82, 2.24) is 15.3 Å². The number of carbonyl (C=O) groups excluding carboxylic acids is 1. The van der Waals surface area contributed by atoms with Crippen molar-refractivity contribution >= 4 is 5.91 Å². The molecule has 0 radical (unpaired) electrons. The zero-order valence-corrected chi connectivity index (χ0v) is 15.4. The fourth-order valence-electron chi connectivity index (χ4n) is 1.54. The van der Waals surface area contributed by atoms with Crippen LogP contribution in [-0.2, 0) is 6.54 Å². The molecule has 0 saturated carbocycles. The predicted molar refractivity (Wildman–Crippen MR) is 95.1 cm³/mol. The zero-order chi connectivity index (χ0) is 20.5. The van der Waals surface area contributed by atoms with Crippen molar-refractivity contribution in [2.24, 2.45) is 5.73 Å². The third kappa shape index (κ3) is 11.5. The summed E-state index contributed by atoms with van der Waals surface area (Å²) >= 11 is 0. The highest BCUT2D eigenvalue weighted by Crippen LogP contribution is 2.17. The number of aromatic nitrogens is 2. The zero-order valence-electron chi connectivity index (χ0n) is 15.4. The van der Waals surface area contributed by atoms with Gasteiger partial charge in [-0.15, -0.1) is 0 Å². The normalized spacial score (nSPS) is 11.2. The van der Waals surface area contributed by atoms with Gasteiger partial charge in [0.15, 0.2) is 6.61 Å². The van der Waals surface area contributed by atoms with Gasteiger partial charge in [-0.3, -0.25) is 9.78 Å². The molecule has 2 aromatic heterocycles. The van der Waals surface area contributed by atoms with Crippen LogP contribution in [-0.4, -0.2) is 34.2 Å². The van der Waals surface area contributed by atoms with Crippen LogP contribution in [0.2, 0.25) is 0 Å². The molecule has 0 unspecified atom stereocenters. The lowest BCUT2D eigenvalue weighted by atomic mass is 10.1. The molecule has 2 heterocycles. The van der Waals surface area contributed by atoms with Crippen LogP contribution in [0.4, 0.5) is 13.2 Å². The van der Waals surface area contributed by atoms with E-state index in [1.165, 1.54) is 30.7 Å². The number of nitrogens with zero attached hydrogens (tertiary/aromatic N) is 2. The standard InChI is InChI=1S/C14H12F3N3O2.C4H11N/c15-14(16,17)9-22-12-2-1-10(7-19-12)8-20-13(21)11-3-5-18-6-4-11;1-4(2,3)5/h1-7H,8-9H2,(H,20,21);5H2,1-3H3. The third-order valence-corrected chi connectivity index (χ3v) is 2.58. The Morgan fingerprint density at radius 3 is 2.22 bits per heavy atom. The summed E-state index contributed by atoms with van der Waals surface area (Å²) < 4.78 is 40.4. The molecule has 0 aromatic carbocycles. The largest absolute Gasteiger partial charge is 0.468 e. The topological polar surface area (TPSA) is 90.1 Å². The Morgan fingerprint density at radius 2 is 1.74 bits per heavy atom. The summed E-state index contributed by atoms with van der Waals surface area (Å²) in [6.45, 7) is 4.71. The van der Waals surface area contributed by atoms with Gasteiger partial charge in [-0.05, 0) is 38.5 Å². The van der Waals surface area contributed by atoms with E-state index in [1.54, 1.807) is 12.1 Å². The molecule has 2 rings (SSSR count). The highest BCUT2D eigenvalue weighted by atomic mass is 19.4. The summed E-state index contributed by atoms with van der Waals surface area (Å²) in [5.41, 5.74) is 6.46. The molecule has 9 heteroatoms. The van der Waals surface area contributed by atoms with Crippen LogP contribution < -0.4 is 15.8 Å². The van der Waals surface area contributed by atoms with Crippen molar-refractivity contribution in [2.75, 3.05) is 6.61 Å². The minimum atomic E-state index is -4.40. The van der Waals surface area contributed by atoms with Gasteiger partial charge in [0.05, 0.1) is 0 Å². The van der Waals surface area contributed by atoms with Crippen molar-refractivity contribution in [3.8, 4) is 5.88 Å². The molecule has 1 amide bonds. The van der Waals surface area contributed by atoms with Gasteiger partial charge < -0.3 is 15.8 Å². The fourth-order valence-corrected chi connectivity index (χ4v) is 1.54. The fraction of sp³-hybridized carbons (Fsp3) is 0.389. The molecule has 148 valence electrons. The molecule has 0 aliphatic heterocycles. The molecule has 6 nitrogen and oxygen atoms in total. The Balaban J connectivity index is 0.000000646. The number of carbonyl (C=O) groups is 1. The average molecular weight is 384 g/mol. The van der Waals surface area contributed by atoms with Crippen LogP contribution in [0, 0.1) is 0 Å². The van der Waals surface area contributed by atoms with Gasteiger partial charge in [0, 0.05) is 42.3 Å². The number of rotatable bonds is 5. The van der Waals surface area contributed by atoms with Gasteiger partial charge in [-0.25, -0.2) is 4.98 Å². The summed E-state index contributed by atoms with van der Waals surface area (Å²) in [4.78, 5) is 19.3. The number of hydrogen-bond acceptors (Lipinski definition) is 5. The van der Waals surface area contributed by atoms with Gasteiger partial charge in [-0.2, -0.15) is 13.2 Å². The van der Waals surface area contributed by atoms with Gasteiger partial charge in [0.2, 0.25) is 5.88 Å². The number of ether oxygens (including phenoxy) is 1. The molecule has 0 saturated heterocycles. The SMILES string of the molecule is CC(C)(C)N.O=C(NCc1ccc(OCC(F)(F)F)nc1)c1ccncc1. The Labute approximate surface area is 156 Å². The lowest BCUT2D eigenvalue weighted by molar-refractivity contribution is -0.154. The van der Waals surface area contributed by atoms with E-state index >= 15 is 0 Å². The number of pyridine rings is 2. The smallest absolute Gasteiger partial charge is 0.422 e. The molecule has 0 aliphatic rings. The lowest BCUT2D eigenvalue weighted by Crippen LogP contribution is -2.26. The highest BCUT2D eigenvalue weighted by molar-refractivity contribution is 5.93. The Hall–Kier alpha value is -2.68. The number of hydrogen-bond donors (Lipinski definition) is 2. The van der Waals surface area contributed by atoms with Gasteiger partial charge >= 0.3 is 6.18 Å². The summed E-state index contributed by atoms with van der Waals surface area (Å²) in [5, 5.41) is 2.66. The summed E-state index contributed by atoms with van der Waals surface area (Å²) in [7, 11) is 0. The van der Waals surface area contributed by atoms with E-state index < -0.39 is 12.8 Å². The van der Waals surface area contributed by atoms with Crippen LogP contribution in [0.3, 0.4) is 0 Å². The first kappa shape index (κ1) is 22.4. The van der Waals surface area contributed by atoms with E-state index in [4.69, 9.17) is 5.73 Å². The molecule has 0 aliphatic carbocycles. The summed E-state index contributed by atoms with van der Waals surface area (Å²) in [6, 6.07) is 5.99. The maximum Gasteiger partial charge on any atom is 0.422 e. The highest BCUT2D eigenvalue weighted by Gasteiger charge is 2.28. The Bertz CT molecular complexity index is 693. The quantitative estimate of drug-likeness (QED) is 0.827. The van der Waals surface area contributed by atoms with Crippen molar-refractivity contribution in [1.29, 1.82) is 0 Å². The van der Waals surface area contributed by atoms with Crippen molar-refractivity contribution < 1.29 is 22.7 Å². The summed E-state index contributed by atoms with van der Waals surface area (Å²) in [6.07, 6.45) is -0.0517. The van der Waals surface area contributed by atoms with Crippen molar-refractivity contribution in [3.63, 3.8) is 0 Å². The number of nitrogens with two attached hydrogens (primary N) is 1. The van der Waals surface area contributed by atoms with Gasteiger partial charge in [0.25, 0.3) is 5.91 Å². The molecule has 0 atom stereocenters. The molecule has 0 bridgehead atoms. The van der Waals surface area contributed by atoms with Crippen LogP contribution in [0.25, 0.3) is 0 Å². The molecular weight excluding hydrogens is 361 g/mol. The Kier molecular flexibility index (Phi) is 8.17. The molecule has 0 fully saturated rings. The van der Waals surface area contributed by atoms with Crippen LogP contribution in [0.5, 0.6) is 5.88 Å². The number of amides is 1. The predicted octanol–water partition coefficient (Wildman–Crippen LogP) is 3.09. The monoisotopic (exact) mass is 384 g/mol. The number of halogens is 3. The lowest BCUT2D eigenvalue weighted by Gasteiger charge is -2.09. The number of nitrogens with one attached hydrogen (secondary N) is 1. The van der Waals surface area contributed by atoms with E-state index in [9.17, 15) is 18.0 Å². The molecule has 0 spiro atoms. The molecule has 27 heavy (non-hydrogen) atoms. The van der Waals surface area contributed by atoms with Crippen molar-refractivity contribution in [2.45, 2.75) is 39.0 Å². The van der Waals surface area contributed by atoms with E-state index in [0.29, 0.717) is 11.1 Å². The van der Waals surface area contributed by atoms with Crippen LogP contribution in [0.1, 0.15) is 36.7 Å². The van der Waals surface area contributed by atoms with E-state index in [2.05, 4.69) is 20.0 Å². The van der Waals surface area contributed by atoms with E-state index in [-0.39, 0.29) is 23.9 Å². The Morgan fingerprint density at radius 1 is 1.15 bits per heavy atom. The number of alkyl halides is 3. The van der Waals surface area contributed by atoms with Gasteiger partial charge in [-0.1, -0.05) is 6.07 Å². The molecule has 3 N–H and O–H groups in total. The average Bonchev–Trinajstić information content (AvgIpc) is 2.57. The van der Waals surface area contributed by atoms with Crippen LogP contribution >= 0.6 is 0 Å². The molecule has 2 aromatic rings. The second-order valence-corrected chi connectivity index (χ2v) is 6.69. The molecular formula is C18H23F3N4O2. The first-order chi connectivity index (χ1) is 12.4. The minimum absolute atomic E-state index is 0. The van der Waals surface area contributed by atoms with E-state index in [0.717, 1.165) is 0 Å². The summed E-state index contributed by atoms with van der Waals surface area (Å²) in [5.74, 6) is -0.402. The third-order valence-electron chi connectivity index (χ3n) is 2.58. The van der Waals surface area contributed by atoms with Crippen molar-refractivity contribution in [3.05, 3.63) is 54.0 Å². The van der Waals surface area contributed by atoms with E-state index in [1.807, 2.05) is 20.8 Å².